The van der Waals surface area contributed by atoms with E-state index in [4.69, 9.17) is 4.74 Å². The number of hydrogen-bond acceptors (Lipinski definition) is 10. The fraction of sp³-hybridized carbons (Fsp3) is 0.457. The number of amides is 1. The summed E-state index contributed by atoms with van der Waals surface area (Å²) in [6.45, 7) is 6.57. The molecule has 246 valence electrons. The molecule has 12 nitrogen and oxygen atoms in total. The first-order chi connectivity index (χ1) is 23.0. The Morgan fingerprint density at radius 3 is 2.60 bits per heavy atom. The summed E-state index contributed by atoms with van der Waals surface area (Å²) in [4.78, 5) is 31.5. The van der Waals surface area contributed by atoms with E-state index < -0.39 is 6.23 Å². The molecule has 8 rings (SSSR count). The number of nitrogens with one attached hydrogen (secondary N) is 1. The number of fused-ring (bicyclic) bond motifs is 3. The fourth-order valence-electron chi connectivity index (χ4n) is 7.60. The summed E-state index contributed by atoms with van der Waals surface area (Å²) in [5.74, 6) is 0.567. The molecular weight excluding hydrogens is 596 g/mol. The average molecular weight is 639 g/mol. The average Bonchev–Trinajstić information content (AvgIpc) is 3.46. The predicted octanol–water partition coefficient (Wildman–Crippen LogP) is 2.43. The van der Waals surface area contributed by atoms with Gasteiger partial charge in [-0.15, -0.1) is 0 Å². The lowest BCUT2D eigenvalue weighted by molar-refractivity contribution is -0.0660. The Morgan fingerprint density at radius 2 is 1.85 bits per heavy atom. The van der Waals surface area contributed by atoms with Gasteiger partial charge in [0, 0.05) is 75.5 Å². The van der Waals surface area contributed by atoms with Gasteiger partial charge in [-0.05, 0) is 61.6 Å². The number of anilines is 3. The van der Waals surface area contributed by atoms with Crippen LogP contribution >= 0.6 is 0 Å². The normalized spacial score (nSPS) is 22.0. The molecule has 0 radical (unpaired) electrons. The SMILES string of the molecule is CN1C=C(c2nccc(N3CCn4c(cc5c4CCCC5)C3=O)c2CO)C=C(Nc2ccc(N3CCN(C4COC4)CC3)cn2)C1O. The second-order valence-corrected chi connectivity index (χ2v) is 13.1. The molecule has 7 heterocycles. The van der Waals surface area contributed by atoms with E-state index in [9.17, 15) is 15.0 Å². The summed E-state index contributed by atoms with van der Waals surface area (Å²) < 4.78 is 7.55. The molecule has 4 aliphatic heterocycles. The molecule has 1 amide bonds. The van der Waals surface area contributed by atoms with Crippen LogP contribution in [0.1, 0.15) is 45.8 Å². The minimum absolute atomic E-state index is 0.0510. The van der Waals surface area contributed by atoms with Gasteiger partial charge in [-0.2, -0.15) is 0 Å². The highest BCUT2D eigenvalue weighted by atomic mass is 16.5. The molecule has 12 heteroatoms. The van der Waals surface area contributed by atoms with Crippen molar-refractivity contribution in [3.63, 3.8) is 0 Å². The first-order valence-electron chi connectivity index (χ1n) is 16.7. The number of aliphatic hydroxyl groups excluding tert-OH is 2. The second-order valence-electron chi connectivity index (χ2n) is 13.1. The molecule has 1 aliphatic carbocycles. The third kappa shape index (κ3) is 5.48. The van der Waals surface area contributed by atoms with Crippen molar-refractivity contribution < 1.29 is 19.7 Å². The zero-order valence-corrected chi connectivity index (χ0v) is 26.8. The molecule has 3 aromatic rings. The van der Waals surface area contributed by atoms with Gasteiger partial charge < -0.3 is 39.5 Å². The van der Waals surface area contributed by atoms with Crippen molar-refractivity contribution in [2.75, 3.05) is 68.1 Å². The highest BCUT2D eigenvalue weighted by Gasteiger charge is 2.33. The van der Waals surface area contributed by atoms with E-state index in [0.717, 1.165) is 83.0 Å². The van der Waals surface area contributed by atoms with E-state index in [2.05, 4.69) is 41.8 Å². The van der Waals surface area contributed by atoms with Crippen LogP contribution in [0.15, 0.2) is 54.6 Å². The van der Waals surface area contributed by atoms with E-state index in [-0.39, 0.29) is 12.5 Å². The fourth-order valence-corrected chi connectivity index (χ4v) is 7.60. The van der Waals surface area contributed by atoms with Gasteiger partial charge in [-0.1, -0.05) is 0 Å². The van der Waals surface area contributed by atoms with Crippen LogP contribution in [0.5, 0.6) is 0 Å². The summed E-state index contributed by atoms with van der Waals surface area (Å²) in [5.41, 5.74) is 7.43. The summed E-state index contributed by atoms with van der Waals surface area (Å²) in [6.07, 6.45) is 10.6. The molecule has 0 saturated carbocycles. The number of rotatable bonds is 7. The van der Waals surface area contributed by atoms with Gasteiger partial charge in [0.1, 0.15) is 11.5 Å². The smallest absolute Gasteiger partial charge is 0.274 e. The largest absolute Gasteiger partial charge is 0.392 e. The number of ether oxygens (including phenoxy) is 1. The zero-order chi connectivity index (χ0) is 32.1. The maximum absolute atomic E-state index is 13.8. The Hall–Kier alpha value is -4.23. The van der Waals surface area contributed by atoms with Crippen molar-refractivity contribution in [3.05, 3.63) is 82.8 Å². The van der Waals surface area contributed by atoms with E-state index in [1.54, 1.807) is 23.0 Å². The van der Waals surface area contributed by atoms with E-state index in [0.29, 0.717) is 46.6 Å². The molecule has 0 bridgehead atoms. The molecule has 1 unspecified atom stereocenters. The number of piperazine rings is 1. The molecular formula is C35H42N8O4. The molecule has 2 fully saturated rings. The van der Waals surface area contributed by atoms with Gasteiger partial charge in [0.15, 0.2) is 6.23 Å². The third-order valence-corrected chi connectivity index (χ3v) is 10.3. The number of aryl methyl sites for hydroxylation is 1. The number of allylic oxidation sites excluding steroid dienone is 2. The van der Waals surface area contributed by atoms with Crippen LogP contribution in [0.25, 0.3) is 5.57 Å². The number of carbonyl (C=O) groups is 1. The zero-order valence-electron chi connectivity index (χ0n) is 26.8. The maximum atomic E-state index is 13.8. The van der Waals surface area contributed by atoms with Crippen LogP contribution in [-0.4, -0.2) is 106 Å². The lowest BCUT2D eigenvalue weighted by atomic mass is 9.98. The number of hydrogen-bond donors (Lipinski definition) is 3. The maximum Gasteiger partial charge on any atom is 0.274 e. The molecule has 2 saturated heterocycles. The standard InChI is InChI=1S/C35H42N8O4/c1-39-19-24(16-28(34(39)45)38-32-7-6-25(18-37-32)40-10-12-41(13-11-40)26-21-47-22-26)33-27(20-44)30(8-9-36-33)43-15-14-42-29-5-3-2-4-23(29)17-31(42)35(43)46/h6-9,16-19,26,34,44-45H,2-5,10-15,20-22H2,1H3,(H,37,38). The van der Waals surface area contributed by atoms with Crippen LogP contribution in [0.4, 0.5) is 17.2 Å². The van der Waals surface area contributed by atoms with Crippen LogP contribution in [0.3, 0.4) is 0 Å². The number of aromatic nitrogens is 3. The second kappa shape index (κ2) is 12.4. The van der Waals surface area contributed by atoms with Crippen molar-refractivity contribution in [1.29, 1.82) is 0 Å². The van der Waals surface area contributed by atoms with Crippen molar-refractivity contribution in [1.82, 2.24) is 24.3 Å². The number of carbonyl (C=O) groups excluding carboxylic acids is 1. The van der Waals surface area contributed by atoms with E-state index in [1.165, 1.54) is 11.3 Å². The van der Waals surface area contributed by atoms with Crippen LogP contribution in [-0.2, 0) is 30.7 Å². The minimum atomic E-state index is -0.924. The summed E-state index contributed by atoms with van der Waals surface area (Å²) in [5, 5.41) is 25.0. The van der Waals surface area contributed by atoms with Gasteiger partial charge in [-0.25, -0.2) is 4.98 Å². The lowest BCUT2D eigenvalue weighted by Gasteiger charge is -2.43. The predicted molar refractivity (Wildman–Crippen MR) is 179 cm³/mol. The Morgan fingerprint density at radius 1 is 1.02 bits per heavy atom. The minimum Gasteiger partial charge on any atom is -0.392 e. The molecule has 0 aromatic carbocycles. The van der Waals surface area contributed by atoms with Gasteiger partial charge in [0.25, 0.3) is 5.91 Å². The highest BCUT2D eigenvalue weighted by molar-refractivity contribution is 6.07. The highest BCUT2D eigenvalue weighted by Crippen LogP contribution is 2.35. The lowest BCUT2D eigenvalue weighted by Crippen LogP contribution is -2.56. The first kappa shape index (κ1) is 30.1. The van der Waals surface area contributed by atoms with Crippen molar-refractivity contribution in [2.24, 2.45) is 0 Å². The number of aliphatic hydroxyl groups is 2. The van der Waals surface area contributed by atoms with Crippen molar-refractivity contribution >= 4 is 28.7 Å². The number of nitrogens with zero attached hydrogens (tertiary/aromatic N) is 7. The monoisotopic (exact) mass is 638 g/mol. The van der Waals surface area contributed by atoms with Crippen molar-refractivity contribution in [2.45, 2.75) is 51.1 Å². The van der Waals surface area contributed by atoms with E-state index >= 15 is 0 Å². The number of likely N-dealkylation sites (N-methyl/N-ethyl adjacent to an activating group) is 1. The van der Waals surface area contributed by atoms with Crippen molar-refractivity contribution in [3.8, 4) is 0 Å². The van der Waals surface area contributed by atoms with Crippen LogP contribution < -0.4 is 15.1 Å². The Balaban J connectivity index is 1.01. The Labute approximate surface area is 274 Å². The van der Waals surface area contributed by atoms with Gasteiger partial charge in [0.05, 0.1) is 54.8 Å². The first-order valence-corrected chi connectivity index (χ1v) is 16.7. The van der Waals surface area contributed by atoms with Crippen LogP contribution in [0.2, 0.25) is 0 Å². The third-order valence-electron chi connectivity index (χ3n) is 10.3. The summed E-state index contributed by atoms with van der Waals surface area (Å²) >= 11 is 0. The summed E-state index contributed by atoms with van der Waals surface area (Å²) in [6, 6.07) is 8.43. The quantitative estimate of drug-likeness (QED) is 0.356. The van der Waals surface area contributed by atoms with Gasteiger partial charge in [-0.3, -0.25) is 14.7 Å². The molecule has 5 aliphatic rings. The Kier molecular flexibility index (Phi) is 7.96. The molecule has 3 aromatic heterocycles. The number of pyridine rings is 2. The van der Waals surface area contributed by atoms with Gasteiger partial charge in [0.2, 0.25) is 0 Å². The van der Waals surface area contributed by atoms with E-state index in [1.807, 2.05) is 30.6 Å². The topological polar surface area (TPSA) is 122 Å². The van der Waals surface area contributed by atoms with Crippen LogP contribution in [0, 0.1) is 0 Å². The summed E-state index contributed by atoms with van der Waals surface area (Å²) in [7, 11) is 1.79. The Bertz CT molecular complexity index is 1720. The molecule has 3 N–H and O–H groups in total. The molecule has 47 heavy (non-hydrogen) atoms. The van der Waals surface area contributed by atoms with Gasteiger partial charge >= 0.3 is 0 Å². The molecule has 0 spiro atoms. The molecule has 1 atom stereocenters.